The monoisotopic (exact) mass is 546 g/mol. The summed E-state index contributed by atoms with van der Waals surface area (Å²) in [6.45, 7) is 11.0. The van der Waals surface area contributed by atoms with Crippen molar-refractivity contribution in [2.24, 2.45) is 0 Å². The zero-order valence-electron chi connectivity index (χ0n) is 24.3. The Balaban J connectivity index is 1.46. The molecule has 2 aliphatic heterocycles. The van der Waals surface area contributed by atoms with Gasteiger partial charge in [-0.1, -0.05) is 50.6 Å². The van der Waals surface area contributed by atoms with Crippen molar-refractivity contribution in [1.29, 1.82) is 0 Å². The van der Waals surface area contributed by atoms with E-state index in [4.69, 9.17) is 9.47 Å². The number of hydrogen-bond acceptors (Lipinski definition) is 4. The molecular weight excluding hydrogens is 503 g/mol. The average Bonchev–Trinajstić information content (AvgIpc) is 3.33. The van der Waals surface area contributed by atoms with E-state index in [2.05, 4.69) is 53.6 Å². The van der Waals surface area contributed by atoms with Gasteiger partial charge >= 0.3 is 0 Å². The number of likely N-dealkylation sites (tertiary alicyclic amines) is 1. The molecule has 3 atom stereocenters. The molecular formula is C34H43FN2O3. The zero-order chi connectivity index (χ0) is 28.3. The predicted molar refractivity (Wildman–Crippen MR) is 158 cm³/mol. The van der Waals surface area contributed by atoms with E-state index in [9.17, 15) is 9.18 Å². The minimum Gasteiger partial charge on any atom is -0.347 e. The van der Waals surface area contributed by atoms with Crippen LogP contribution in [0.3, 0.4) is 0 Å². The zero-order valence-corrected chi connectivity index (χ0v) is 24.3. The lowest BCUT2D eigenvalue weighted by Gasteiger charge is -2.45. The van der Waals surface area contributed by atoms with Gasteiger partial charge in [-0.3, -0.25) is 4.90 Å². The Morgan fingerprint density at radius 2 is 1.68 bits per heavy atom. The fraction of sp³-hybridized carbons (Fsp3) is 0.500. The minimum atomic E-state index is -0.767. The van der Waals surface area contributed by atoms with Crippen LogP contribution in [0, 0.1) is 5.82 Å². The number of rotatable bonds is 9. The summed E-state index contributed by atoms with van der Waals surface area (Å²) in [6, 6.07) is 19.2. The maximum atomic E-state index is 13.9. The summed E-state index contributed by atoms with van der Waals surface area (Å²) < 4.78 is 29.1. The van der Waals surface area contributed by atoms with Crippen molar-refractivity contribution in [3.63, 3.8) is 0 Å². The summed E-state index contributed by atoms with van der Waals surface area (Å²) in [5, 5.41) is 0. The van der Waals surface area contributed by atoms with Crippen LogP contribution < -0.4 is 0 Å². The maximum Gasteiger partial charge on any atom is 0.163 e. The summed E-state index contributed by atoms with van der Waals surface area (Å²) >= 11 is 0. The lowest BCUT2D eigenvalue weighted by Crippen LogP contribution is -2.55. The lowest BCUT2D eigenvalue weighted by molar-refractivity contribution is -0.307. The van der Waals surface area contributed by atoms with Crippen molar-refractivity contribution in [3.8, 4) is 22.4 Å². The Labute approximate surface area is 238 Å². The van der Waals surface area contributed by atoms with E-state index in [0.717, 1.165) is 67.6 Å². The van der Waals surface area contributed by atoms with Crippen molar-refractivity contribution in [1.82, 2.24) is 9.47 Å². The van der Waals surface area contributed by atoms with Crippen molar-refractivity contribution in [3.05, 3.63) is 72.2 Å². The van der Waals surface area contributed by atoms with Crippen LogP contribution >= 0.6 is 0 Å². The number of carbonyl (C=O) groups excluding carboxylic acids is 1. The van der Waals surface area contributed by atoms with Gasteiger partial charge in [-0.25, -0.2) is 4.39 Å². The molecule has 0 amide bonds. The van der Waals surface area contributed by atoms with Crippen molar-refractivity contribution >= 4 is 6.29 Å². The van der Waals surface area contributed by atoms with E-state index in [1.54, 1.807) is 0 Å². The highest BCUT2D eigenvalue weighted by molar-refractivity contribution is 5.82. The van der Waals surface area contributed by atoms with Gasteiger partial charge < -0.3 is 18.8 Å². The first-order valence-electron chi connectivity index (χ1n) is 14.9. The Kier molecular flexibility index (Phi) is 8.89. The molecule has 0 spiro atoms. The number of halogens is 1. The normalized spacial score (nSPS) is 22.4. The fourth-order valence-corrected chi connectivity index (χ4v) is 6.48. The summed E-state index contributed by atoms with van der Waals surface area (Å²) in [5.41, 5.74) is 5.61. The van der Waals surface area contributed by atoms with Gasteiger partial charge in [0.1, 0.15) is 12.1 Å². The first kappa shape index (κ1) is 28.7. The van der Waals surface area contributed by atoms with Crippen LogP contribution in [0.2, 0.25) is 0 Å². The molecule has 2 aliphatic rings. The Hall–Kier alpha value is -2.80. The second-order valence-corrected chi connectivity index (χ2v) is 12.1. The molecule has 3 heterocycles. The van der Waals surface area contributed by atoms with Crippen molar-refractivity contribution < 1.29 is 18.7 Å². The van der Waals surface area contributed by atoms with Crippen LogP contribution in [0.5, 0.6) is 0 Å². The van der Waals surface area contributed by atoms with Crippen LogP contribution in [-0.4, -0.2) is 52.9 Å². The van der Waals surface area contributed by atoms with Gasteiger partial charge in [0.25, 0.3) is 0 Å². The Bertz CT molecular complexity index is 1260. The predicted octanol–water partition coefficient (Wildman–Crippen LogP) is 7.44. The molecule has 5 nitrogen and oxygen atoms in total. The summed E-state index contributed by atoms with van der Waals surface area (Å²) in [5.74, 6) is -0.707. The van der Waals surface area contributed by atoms with Gasteiger partial charge in [-0.05, 0) is 93.6 Å². The highest BCUT2D eigenvalue weighted by Gasteiger charge is 2.41. The van der Waals surface area contributed by atoms with E-state index in [-0.39, 0.29) is 24.1 Å². The number of piperidine rings is 1. The molecule has 0 bridgehead atoms. The van der Waals surface area contributed by atoms with Crippen LogP contribution in [0.4, 0.5) is 4.39 Å². The van der Waals surface area contributed by atoms with Crippen LogP contribution in [0.1, 0.15) is 71.4 Å². The SMILES string of the molecule is CC(C)c1cc(-c2ccccc2)c(-c2ccc(F)cc2)n1CC[C@@H]1C[C@H](C(C=O)N2CCCCC2)OC(C)(C)O1. The molecule has 40 heavy (non-hydrogen) atoms. The molecule has 214 valence electrons. The molecule has 2 aromatic carbocycles. The number of aldehydes is 1. The molecule has 1 aromatic heterocycles. The number of hydrogen-bond donors (Lipinski definition) is 0. The first-order valence-corrected chi connectivity index (χ1v) is 14.9. The highest BCUT2D eigenvalue weighted by atomic mass is 19.1. The lowest BCUT2D eigenvalue weighted by atomic mass is 9.97. The van der Waals surface area contributed by atoms with Gasteiger partial charge in [-0.15, -0.1) is 0 Å². The first-order chi connectivity index (χ1) is 19.3. The summed E-state index contributed by atoms with van der Waals surface area (Å²) in [6.07, 6.45) is 5.77. The molecule has 2 fully saturated rings. The molecule has 5 rings (SSSR count). The van der Waals surface area contributed by atoms with Crippen LogP contribution in [0.15, 0.2) is 60.7 Å². The molecule has 1 unspecified atom stereocenters. The molecule has 0 saturated carbocycles. The largest absolute Gasteiger partial charge is 0.347 e. The van der Waals surface area contributed by atoms with E-state index in [1.165, 1.54) is 24.2 Å². The van der Waals surface area contributed by atoms with Gasteiger partial charge in [0.15, 0.2) is 5.79 Å². The molecule has 0 N–H and O–H groups in total. The topological polar surface area (TPSA) is 43.7 Å². The van der Waals surface area contributed by atoms with Gasteiger partial charge in [0, 0.05) is 24.2 Å². The standard InChI is InChI=1S/C34H43FN2O3/c1-24(2)30-22-29(25-11-7-5-8-12-25)33(26-13-15-27(35)16-14-26)37(30)20-17-28-21-32(40-34(3,4)39-28)31(23-38)36-18-9-6-10-19-36/h5,7-8,11-16,22-24,28,31-32H,6,9-10,17-21H2,1-4H3/t28-,31?,32-/m1/s1. The second-order valence-electron chi connectivity index (χ2n) is 12.1. The Morgan fingerprint density at radius 1 is 0.975 bits per heavy atom. The van der Waals surface area contributed by atoms with E-state index < -0.39 is 5.79 Å². The molecule has 2 saturated heterocycles. The maximum absolute atomic E-state index is 13.9. The number of carbonyl (C=O) groups is 1. The molecule has 0 radical (unpaired) electrons. The highest BCUT2D eigenvalue weighted by Crippen LogP contribution is 2.39. The van der Waals surface area contributed by atoms with E-state index >= 15 is 0 Å². The Morgan fingerprint density at radius 3 is 2.33 bits per heavy atom. The van der Waals surface area contributed by atoms with Crippen LogP contribution in [-0.2, 0) is 20.8 Å². The van der Waals surface area contributed by atoms with E-state index in [1.807, 2.05) is 32.0 Å². The smallest absolute Gasteiger partial charge is 0.163 e. The summed E-state index contributed by atoms with van der Waals surface area (Å²) in [7, 11) is 0. The third kappa shape index (κ3) is 6.40. The van der Waals surface area contributed by atoms with Crippen molar-refractivity contribution in [2.45, 2.75) is 96.3 Å². The number of ether oxygens (including phenoxy) is 2. The minimum absolute atomic E-state index is 0.0513. The van der Waals surface area contributed by atoms with E-state index in [0.29, 0.717) is 12.3 Å². The molecule has 6 heteroatoms. The van der Waals surface area contributed by atoms with Gasteiger partial charge in [0.2, 0.25) is 0 Å². The molecule has 3 aromatic rings. The number of aromatic nitrogens is 1. The van der Waals surface area contributed by atoms with Gasteiger partial charge in [-0.2, -0.15) is 0 Å². The number of nitrogens with zero attached hydrogens (tertiary/aromatic N) is 2. The quantitative estimate of drug-likeness (QED) is 0.262. The summed E-state index contributed by atoms with van der Waals surface area (Å²) in [4.78, 5) is 14.6. The second kappa shape index (κ2) is 12.4. The van der Waals surface area contributed by atoms with Gasteiger partial charge in [0.05, 0.1) is 23.9 Å². The third-order valence-electron chi connectivity index (χ3n) is 8.31. The van der Waals surface area contributed by atoms with Crippen LogP contribution in [0.25, 0.3) is 22.4 Å². The third-order valence-corrected chi connectivity index (χ3v) is 8.31. The van der Waals surface area contributed by atoms with Crippen molar-refractivity contribution in [2.75, 3.05) is 13.1 Å². The average molecular weight is 547 g/mol. The fourth-order valence-electron chi connectivity index (χ4n) is 6.48. The molecule has 0 aliphatic carbocycles. The number of benzene rings is 2.